The van der Waals surface area contributed by atoms with Gasteiger partial charge in [-0.25, -0.2) is 4.68 Å². The molecule has 2 atom stereocenters. The van der Waals surface area contributed by atoms with Gasteiger partial charge in [0.1, 0.15) is 0 Å². The Morgan fingerprint density at radius 2 is 2.06 bits per heavy atom. The van der Waals surface area contributed by atoms with Crippen LogP contribution in [0.25, 0.3) is 0 Å². The van der Waals surface area contributed by atoms with E-state index in [1.165, 1.54) is 0 Å². The average Bonchev–Trinajstić information content (AvgIpc) is 2.53. The minimum Gasteiger partial charge on any atom is -0.391 e. The highest BCUT2D eigenvalue weighted by Crippen LogP contribution is 2.26. The second kappa shape index (κ2) is 5.08. The van der Waals surface area contributed by atoms with Gasteiger partial charge in [-0.1, -0.05) is 33.1 Å². The van der Waals surface area contributed by atoms with Crippen LogP contribution in [-0.4, -0.2) is 21.0 Å². The smallest absolute Gasteiger partial charge is 0.267 e. The fourth-order valence-electron chi connectivity index (χ4n) is 2.54. The Morgan fingerprint density at radius 1 is 1.35 bits per heavy atom. The maximum Gasteiger partial charge on any atom is 0.267 e. The van der Waals surface area contributed by atoms with Crippen LogP contribution >= 0.6 is 0 Å². The predicted octanol–water partition coefficient (Wildman–Crippen LogP) is 2.17. The fourth-order valence-corrected chi connectivity index (χ4v) is 2.54. The lowest BCUT2D eigenvalue weighted by molar-refractivity contribution is 0.0971. The van der Waals surface area contributed by atoms with Gasteiger partial charge in [-0.2, -0.15) is 0 Å². The summed E-state index contributed by atoms with van der Waals surface area (Å²) in [6.45, 7) is 4.11. The molecule has 1 saturated carbocycles. The third-order valence-electron chi connectivity index (χ3n) is 3.66. The fraction of sp³-hybridized carbons (Fsp3) is 0.769. The van der Waals surface area contributed by atoms with E-state index in [1.807, 2.05) is 0 Å². The molecule has 0 amide bonds. The number of hydrogen-bond acceptors (Lipinski definition) is 2. The molecule has 0 aromatic carbocycles. The van der Waals surface area contributed by atoms with Crippen LogP contribution in [0.1, 0.15) is 63.6 Å². The van der Waals surface area contributed by atoms with E-state index in [0.29, 0.717) is 5.92 Å². The highest BCUT2D eigenvalue weighted by Gasteiger charge is 2.25. The maximum atomic E-state index is 11.9. The van der Waals surface area contributed by atoms with Crippen LogP contribution in [0.4, 0.5) is 0 Å². The molecule has 0 saturated heterocycles. The largest absolute Gasteiger partial charge is 0.391 e. The summed E-state index contributed by atoms with van der Waals surface area (Å²) < 4.78 is 1.63. The number of hydrogen-bond donors (Lipinski definition) is 2. The van der Waals surface area contributed by atoms with Crippen LogP contribution in [0.2, 0.25) is 0 Å². The van der Waals surface area contributed by atoms with Crippen molar-refractivity contribution in [2.24, 2.45) is 0 Å². The van der Waals surface area contributed by atoms with Gasteiger partial charge >= 0.3 is 0 Å². The zero-order chi connectivity index (χ0) is 12.4. The number of aromatic nitrogens is 2. The van der Waals surface area contributed by atoms with Crippen LogP contribution in [0.15, 0.2) is 10.9 Å². The van der Waals surface area contributed by atoms with Gasteiger partial charge in [0.15, 0.2) is 0 Å². The first-order chi connectivity index (χ1) is 8.09. The topological polar surface area (TPSA) is 58.0 Å². The Bertz CT molecular complexity index is 419. The Labute approximate surface area is 102 Å². The van der Waals surface area contributed by atoms with Crippen LogP contribution in [0, 0.1) is 0 Å². The summed E-state index contributed by atoms with van der Waals surface area (Å²) in [7, 11) is 0. The van der Waals surface area contributed by atoms with Crippen molar-refractivity contribution in [3.63, 3.8) is 0 Å². The molecular formula is C13H22N2O2. The van der Waals surface area contributed by atoms with Gasteiger partial charge in [0.05, 0.1) is 12.1 Å². The van der Waals surface area contributed by atoms with Crippen LogP contribution in [0.5, 0.6) is 0 Å². The van der Waals surface area contributed by atoms with Gasteiger partial charge in [-0.15, -0.1) is 0 Å². The van der Waals surface area contributed by atoms with Crippen LogP contribution in [0.3, 0.4) is 0 Å². The lowest BCUT2D eigenvalue weighted by Gasteiger charge is -2.21. The summed E-state index contributed by atoms with van der Waals surface area (Å²) in [6, 6.07) is 1.58. The van der Waals surface area contributed by atoms with E-state index in [0.717, 1.165) is 37.8 Å². The van der Waals surface area contributed by atoms with E-state index < -0.39 is 6.10 Å². The van der Waals surface area contributed by atoms with E-state index in [-0.39, 0.29) is 11.6 Å². The molecule has 0 radical (unpaired) electrons. The molecule has 0 spiro atoms. The molecule has 4 nitrogen and oxygen atoms in total. The normalized spacial score (nSPS) is 26.1. The lowest BCUT2D eigenvalue weighted by Crippen LogP contribution is -2.30. The molecule has 96 valence electrons. The zero-order valence-corrected chi connectivity index (χ0v) is 10.6. The molecule has 1 aliphatic carbocycles. The van der Waals surface area contributed by atoms with Crippen molar-refractivity contribution in [2.45, 2.75) is 64.0 Å². The van der Waals surface area contributed by atoms with Crippen molar-refractivity contribution in [1.29, 1.82) is 0 Å². The molecule has 17 heavy (non-hydrogen) atoms. The third-order valence-corrected chi connectivity index (χ3v) is 3.66. The molecule has 2 rings (SSSR count). The van der Waals surface area contributed by atoms with Gasteiger partial charge in [-0.3, -0.25) is 9.89 Å². The number of rotatable bonds is 2. The molecule has 1 aromatic rings. The molecule has 1 aromatic heterocycles. The monoisotopic (exact) mass is 238 g/mol. The van der Waals surface area contributed by atoms with Crippen molar-refractivity contribution in [3.8, 4) is 0 Å². The minimum absolute atomic E-state index is 0.0142. The van der Waals surface area contributed by atoms with Crippen molar-refractivity contribution < 1.29 is 5.11 Å². The summed E-state index contributed by atoms with van der Waals surface area (Å²) >= 11 is 0. The predicted molar refractivity (Wildman–Crippen MR) is 67.3 cm³/mol. The van der Waals surface area contributed by atoms with E-state index >= 15 is 0 Å². The zero-order valence-electron chi connectivity index (χ0n) is 10.6. The highest BCUT2D eigenvalue weighted by atomic mass is 16.3. The standard InChI is InChI=1S/C13H22N2O2/c1-9(2)10-8-13(17)15(14-10)11-6-4-3-5-7-12(11)16/h8-9,11-12,14,16H,3-7H2,1-2H3. The van der Waals surface area contributed by atoms with E-state index in [4.69, 9.17) is 0 Å². The molecule has 1 fully saturated rings. The summed E-state index contributed by atoms with van der Waals surface area (Å²) in [5, 5.41) is 13.2. The molecule has 1 heterocycles. The quantitative estimate of drug-likeness (QED) is 0.776. The average molecular weight is 238 g/mol. The second-order valence-electron chi connectivity index (χ2n) is 5.35. The van der Waals surface area contributed by atoms with Gasteiger partial charge in [0.2, 0.25) is 0 Å². The second-order valence-corrected chi connectivity index (χ2v) is 5.35. The minimum atomic E-state index is -0.395. The van der Waals surface area contributed by atoms with Crippen molar-refractivity contribution in [3.05, 3.63) is 22.1 Å². The Balaban J connectivity index is 2.28. The Kier molecular flexibility index (Phi) is 3.72. The van der Waals surface area contributed by atoms with Crippen LogP contribution in [-0.2, 0) is 0 Å². The molecule has 1 aliphatic rings. The lowest BCUT2D eigenvalue weighted by atomic mass is 10.1. The highest BCUT2D eigenvalue weighted by molar-refractivity contribution is 5.05. The molecule has 2 unspecified atom stereocenters. The summed E-state index contributed by atoms with van der Waals surface area (Å²) in [5.41, 5.74) is 0.936. The van der Waals surface area contributed by atoms with Gasteiger partial charge in [-0.05, 0) is 18.8 Å². The summed E-state index contributed by atoms with van der Waals surface area (Å²) in [5.74, 6) is 0.312. The van der Waals surface area contributed by atoms with Gasteiger partial charge in [0.25, 0.3) is 5.56 Å². The number of H-pyrrole nitrogens is 1. The SMILES string of the molecule is CC(C)c1cc(=O)n(C2CCCCCC2O)[nH]1. The first-order valence-corrected chi connectivity index (χ1v) is 6.59. The van der Waals surface area contributed by atoms with Gasteiger partial charge < -0.3 is 5.11 Å². The third kappa shape index (κ3) is 2.63. The van der Waals surface area contributed by atoms with E-state index in [2.05, 4.69) is 18.9 Å². The number of nitrogens with one attached hydrogen (secondary N) is 1. The molecule has 0 bridgehead atoms. The summed E-state index contributed by atoms with van der Waals surface area (Å²) in [4.78, 5) is 11.9. The number of aliphatic hydroxyl groups is 1. The number of aromatic amines is 1. The maximum absolute atomic E-state index is 11.9. The molecular weight excluding hydrogens is 216 g/mol. The Morgan fingerprint density at radius 3 is 2.71 bits per heavy atom. The molecule has 0 aliphatic heterocycles. The van der Waals surface area contributed by atoms with E-state index in [9.17, 15) is 9.90 Å². The first-order valence-electron chi connectivity index (χ1n) is 6.59. The molecule has 4 heteroatoms. The number of nitrogens with zero attached hydrogens (tertiary/aromatic N) is 1. The molecule has 2 N–H and O–H groups in total. The number of aliphatic hydroxyl groups excluding tert-OH is 1. The first kappa shape index (κ1) is 12.4. The van der Waals surface area contributed by atoms with Crippen molar-refractivity contribution in [1.82, 2.24) is 9.78 Å². The van der Waals surface area contributed by atoms with Crippen LogP contribution < -0.4 is 5.56 Å². The van der Waals surface area contributed by atoms with Crippen molar-refractivity contribution >= 4 is 0 Å². The van der Waals surface area contributed by atoms with E-state index in [1.54, 1.807) is 10.7 Å². The van der Waals surface area contributed by atoms with Crippen molar-refractivity contribution in [2.75, 3.05) is 0 Å². The summed E-state index contributed by atoms with van der Waals surface area (Å²) in [6.07, 6.45) is 4.59. The Hall–Kier alpha value is -1.03. The van der Waals surface area contributed by atoms with Gasteiger partial charge in [0, 0.05) is 11.8 Å².